The van der Waals surface area contributed by atoms with E-state index in [1.54, 1.807) is 6.07 Å². The van der Waals surface area contributed by atoms with Crippen molar-refractivity contribution >= 4 is 27.5 Å². The molecule has 2 nitrogen and oxygen atoms in total. The molecule has 2 aromatic rings. The molecule has 0 heterocycles. The van der Waals surface area contributed by atoms with Gasteiger partial charge in [0.1, 0.15) is 18.2 Å². The monoisotopic (exact) mass is 413 g/mol. The highest BCUT2D eigenvalue weighted by Gasteiger charge is 2.07. The summed E-state index contributed by atoms with van der Waals surface area (Å²) in [6.45, 7) is 4.24. The fraction of sp³-hybridized carbons (Fsp3) is 0.368. The molecule has 0 radical (unpaired) electrons. The van der Waals surface area contributed by atoms with E-state index in [9.17, 15) is 4.39 Å². The molecule has 0 aliphatic carbocycles. The topological polar surface area (TPSA) is 21.3 Å². The van der Waals surface area contributed by atoms with E-state index in [2.05, 4.69) is 34.2 Å². The van der Waals surface area contributed by atoms with E-state index < -0.39 is 0 Å². The first kappa shape index (κ1) is 19.2. The summed E-state index contributed by atoms with van der Waals surface area (Å²) < 4.78 is 20.0. The lowest BCUT2D eigenvalue weighted by atomic mass is 10.2. The van der Waals surface area contributed by atoms with Gasteiger partial charge in [-0.3, -0.25) is 0 Å². The van der Waals surface area contributed by atoms with Crippen LogP contribution in [0.4, 0.5) is 4.39 Å². The molecule has 130 valence electrons. The summed E-state index contributed by atoms with van der Waals surface area (Å²) in [5.74, 6) is 0.464. The zero-order valence-corrected chi connectivity index (χ0v) is 16.1. The number of hydrogen-bond acceptors (Lipinski definition) is 2. The molecule has 2 aromatic carbocycles. The molecular weight excluding hydrogens is 393 g/mol. The van der Waals surface area contributed by atoms with Gasteiger partial charge in [0.25, 0.3) is 0 Å². The second-order valence-corrected chi connectivity index (χ2v) is 6.98. The molecule has 0 saturated carbocycles. The summed E-state index contributed by atoms with van der Waals surface area (Å²) in [5.41, 5.74) is 1.85. The molecule has 0 aliphatic rings. The second kappa shape index (κ2) is 10.0. The third-order valence-corrected chi connectivity index (χ3v) is 4.54. The van der Waals surface area contributed by atoms with E-state index in [0.717, 1.165) is 34.4 Å². The summed E-state index contributed by atoms with van der Waals surface area (Å²) >= 11 is 9.55. The maximum atomic E-state index is 13.1. The Labute approximate surface area is 156 Å². The molecule has 0 spiro atoms. The van der Waals surface area contributed by atoms with Crippen molar-refractivity contribution in [2.24, 2.45) is 0 Å². The largest absolute Gasteiger partial charge is 0.489 e. The van der Waals surface area contributed by atoms with Crippen LogP contribution in [0.3, 0.4) is 0 Å². The minimum absolute atomic E-state index is 0.309. The van der Waals surface area contributed by atoms with E-state index in [1.165, 1.54) is 31.4 Å². The van der Waals surface area contributed by atoms with Gasteiger partial charge in [0, 0.05) is 22.1 Å². The molecule has 1 N–H and O–H groups in total. The number of nitrogens with one attached hydrogen (secondary N) is 1. The molecule has 0 saturated heterocycles. The third kappa shape index (κ3) is 6.08. The highest BCUT2D eigenvalue weighted by atomic mass is 79.9. The van der Waals surface area contributed by atoms with E-state index in [1.807, 2.05) is 12.1 Å². The number of ether oxygens (including phenoxy) is 1. The molecule has 5 heteroatoms. The molecule has 0 fully saturated rings. The van der Waals surface area contributed by atoms with Crippen molar-refractivity contribution in [2.45, 2.75) is 39.3 Å². The summed E-state index contributed by atoms with van der Waals surface area (Å²) in [6.07, 6.45) is 3.62. The normalized spacial score (nSPS) is 10.8. The lowest BCUT2D eigenvalue weighted by molar-refractivity contribution is 0.302. The van der Waals surface area contributed by atoms with Crippen LogP contribution in [-0.2, 0) is 13.2 Å². The summed E-state index contributed by atoms with van der Waals surface area (Å²) in [6, 6.07) is 10.3. The van der Waals surface area contributed by atoms with Gasteiger partial charge in [-0.25, -0.2) is 4.39 Å². The molecule has 0 amide bonds. The van der Waals surface area contributed by atoms with Gasteiger partial charge in [-0.2, -0.15) is 0 Å². The van der Waals surface area contributed by atoms with Crippen LogP contribution in [0.15, 0.2) is 40.9 Å². The van der Waals surface area contributed by atoms with Crippen LogP contribution in [0, 0.1) is 5.82 Å². The van der Waals surface area contributed by atoms with Crippen molar-refractivity contribution < 1.29 is 9.13 Å². The average Bonchev–Trinajstić information content (AvgIpc) is 2.55. The van der Waals surface area contributed by atoms with E-state index >= 15 is 0 Å². The van der Waals surface area contributed by atoms with Crippen molar-refractivity contribution in [1.82, 2.24) is 5.32 Å². The van der Waals surface area contributed by atoms with Crippen molar-refractivity contribution in [3.8, 4) is 5.75 Å². The molecule has 0 bridgehead atoms. The van der Waals surface area contributed by atoms with Crippen LogP contribution in [0.1, 0.15) is 37.3 Å². The number of rotatable bonds is 9. The van der Waals surface area contributed by atoms with Crippen LogP contribution < -0.4 is 10.1 Å². The smallest absolute Gasteiger partial charge is 0.124 e. The SMILES string of the molecule is CCCCCNCc1cc(Br)ccc1OCc1ccc(F)cc1Cl. The van der Waals surface area contributed by atoms with Gasteiger partial charge >= 0.3 is 0 Å². The lowest BCUT2D eigenvalue weighted by Crippen LogP contribution is -2.15. The fourth-order valence-corrected chi connectivity index (χ4v) is 2.97. The molecule has 0 aliphatic heterocycles. The van der Waals surface area contributed by atoms with Gasteiger partial charge in [-0.1, -0.05) is 53.4 Å². The van der Waals surface area contributed by atoms with Gasteiger partial charge in [0.15, 0.2) is 0 Å². The molecule has 24 heavy (non-hydrogen) atoms. The van der Waals surface area contributed by atoms with Gasteiger partial charge in [0.05, 0.1) is 5.02 Å². The maximum absolute atomic E-state index is 13.1. The zero-order valence-electron chi connectivity index (χ0n) is 13.7. The molecule has 0 atom stereocenters. The Morgan fingerprint density at radius 2 is 1.96 bits per heavy atom. The average molecular weight is 415 g/mol. The Morgan fingerprint density at radius 1 is 1.12 bits per heavy atom. The first-order valence-electron chi connectivity index (χ1n) is 8.16. The Bertz CT molecular complexity index is 666. The molecule has 0 unspecified atom stereocenters. The number of halogens is 3. The summed E-state index contributed by atoms with van der Waals surface area (Å²) in [4.78, 5) is 0. The van der Waals surface area contributed by atoms with Crippen molar-refractivity contribution in [1.29, 1.82) is 0 Å². The van der Waals surface area contributed by atoms with Crippen molar-refractivity contribution in [3.05, 3.63) is 62.8 Å². The highest BCUT2D eigenvalue weighted by Crippen LogP contribution is 2.25. The van der Waals surface area contributed by atoms with Gasteiger partial charge in [-0.15, -0.1) is 0 Å². The van der Waals surface area contributed by atoms with Crippen molar-refractivity contribution in [3.63, 3.8) is 0 Å². The first-order valence-corrected chi connectivity index (χ1v) is 9.33. The van der Waals surface area contributed by atoms with E-state index in [-0.39, 0.29) is 5.82 Å². The Kier molecular flexibility index (Phi) is 8.03. The van der Waals surface area contributed by atoms with Crippen LogP contribution in [0.25, 0.3) is 0 Å². The second-order valence-electron chi connectivity index (χ2n) is 5.66. The Morgan fingerprint density at radius 3 is 2.71 bits per heavy atom. The van der Waals surface area contributed by atoms with Crippen LogP contribution in [0.2, 0.25) is 5.02 Å². The van der Waals surface area contributed by atoms with Gasteiger partial charge in [0.2, 0.25) is 0 Å². The van der Waals surface area contributed by atoms with E-state index in [4.69, 9.17) is 16.3 Å². The molecular formula is C19H22BrClFNO. The quantitative estimate of drug-likeness (QED) is 0.500. The predicted molar refractivity (Wildman–Crippen MR) is 101 cm³/mol. The standard InChI is InChI=1S/C19H22BrClFNO/c1-2-3-4-9-23-12-15-10-16(20)6-8-19(15)24-13-14-5-7-17(22)11-18(14)21/h5-8,10-11,23H,2-4,9,12-13H2,1H3. The molecule has 0 aromatic heterocycles. The van der Waals surface area contributed by atoms with Crippen LogP contribution >= 0.6 is 27.5 Å². The Balaban J connectivity index is 1.98. The first-order chi connectivity index (χ1) is 11.6. The summed E-state index contributed by atoms with van der Waals surface area (Å²) in [7, 11) is 0. The minimum atomic E-state index is -0.343. The maximum Gasteiger partial charge on any atom is 0.124 e. The Hall–Kier alpha value is -1.10. The molecule has 2 rings (SSSR count). The van der Waals surface area contributed by atoms with Crippen molar-refractivity contribution in [2.75, 3.05) is 6.54 Å². The number of benzene rings is 2. The van der Waals surface area contributed by atoms with Crippen LogP contribution in [-0.4, -0.2) is 6.54 Å². The number of hydrogen-bond donors (Lipinski definition) is 1. The highest BCUT2D eigenvalue weighted by molar-refractivity contribution is 9.10. The third-order valence-electron chi connectivity index (χ3n) is 3.69. The zero-order chi connectivity index (χ0) is 17.4. The fourth-order valence-electron chi connectivity index (χ4n) is 2.34. The summed E-state index contributed by atoms with van der Waals surface area (Å²) in [5, 5.41) is 3.83. The number of unbranched alkanes of at least 4 members (excludes halogenated alkanes) is 2. The van der Waals surface area contributed by atoms with Gasteiger partial charge < -0.3 is 10.1 Å². The van der Waals surface area contributed by atoms with E-state index in [0.29, 0.717) is 11.6 Å². The predicted octanol–water partition coefficient (Wildman–Crippen LogP) is 6.10. The van der Waals surface area contributed by atoms with Crippen LogP contribution in [0.5, 0.6) is 5.75 Å². The van der Waals surface area contributed by atoms with Gasteiger partial charge in [-0.05, 0) is 43.3 Å². The lowest BCUT2D eigenvalue weighted by Gasteiger charge is -2.13. The minimum Gasteiger partial charge on any atom is -0.489 e.